The van der Waals surface area contributed by atoms with Crippen LogP contribution in [0, 0.1) is 0 Å². The topological polar surface area (TPSA) is 102 Å². The molecule has 1 unspecified atom stereocenters. The highest BCUT2D eigenvalue weighted by molar-refractivity contribution is 4.68. The lowest BCUT2D eigenvalue weighted by Crippen LogP contribution is -2.32. The highest BCUT2D eigenvalue weighted by Crippen LogP contribution is 2.04. The molecular formula is C13H33N5. The van der Waals surface area contributed by atoms with Gasteiger partial charge in [0.25, 0.3) is 0 Å². The van der Waals surface area contributed by atoms with Crippen molar-refractivity contribution >= 4 is 0 Å². The van der Waals surface area contributed by atoms with Gasteiger partial charge in [0.1, 0.15) is 0 Å². The number of hydrogen-bond acceptors (Lipinski definition) is 5. The van der Waals surface area contributed by atoms with Gasteiger partial charge in [0, 0.05) is 6.04 Å². The Kier molecular flexibility index (Phi) is 14.7. The van der Waals surface area contributed by atoms with Crippen molar-refractivity contribution in [3.8, 4) is 0 Å². The normalized spacial score (nSPS) is 12.8. The van der Waals surface area contributed by atoms with Crippen LogP contribution < -0.4 is 27.8 Å². The fourth-order valence-electron chi connectivity index (χ4n) is 1.95. The molecule has 1 atom stereocenters. The van der Waals surface area contributed by atoms with E-state index in [1.165, 1.54) is 19.3 Å². The van der Waals surface area contributed by atoms with Gasteiger partial charge in [-0.15, -0.1) is 0 Å². The molecule has 0 aliphatic rings. The van der Waals surface area contributed by atoms with Gasteiger partial charge in [-0.3, -0.25) is 0 Å². The van der Waals surface area contributed by atoms with Crippen molar-refractivity contribution in [1.29, 1.82) is 0 Å². The molecule has 0 rings (SSSR count). The summed E-state index contributed by atoms with van der Waals surface area (Å²) >= 11 is 0. The fourth-order valence-corrected chi connectivity index (χ4v) is 1.95. The van der Waals surface area contributed by atoms with Crippen molar-refractivity contribution in [2.75, 3.05) is 39.3 Å². The smallest absolute Gasteiger partial charge is 0.00680 e. The van der Waals surface area contributed by atoms with E-state index in [0.29, 0.717) is 6.04 Å². The van der Waals surface area contributed by atoms with Gasteiger partial charge in [0.2, 0.25) is 0 Å². The SMILES string of the molecule is NCCCNCCCC(CCCN)NCCCN. The number of rotatable bonds is 14. The average molecular weight is 259 g/mol. The van der Waals surface area contributed by atoms with Gasteiger partial charge in [-0.05, 0) is 77.8 Å². The first-order valence-electron chi connectivity index (χ1n) is 7.39. The molecule has 0 fully saturated rings. The summed E-state index contributed by atoms with van der Waals surface area (Å²) in [5, 5.41) is 6.99. The Bertz CT molecular complexity index is 154. The molecule has 0 aromatic carbocycles. The Morgan fingerprint density at radius 2 is 1.22 bits per heavy atom. The van der Waals surface area contributed by atoms with Gasteiger partial charge >= 0.3 is 0 Å². The van der Waals surface area contributed by atoms with Crippen LogP contribution in [0.15, 0.2) is 0 Å². The maximum Gasteiger partial charge on any atom is 0.00680 e. The van der Waals surface area contributed by atoms with Crippen LogP contribution in [0.3, 0.4) is 0 Å². The van der Waals surface area contributed by atoms with Gasteiger partial charge in [0.05, 0.1) is 0 Å². The molecule has 0 spiro atoms. The molecule has 0 saturated heterocycles. The minimum Gasteiger partial charge on any atom is -0.330 e. The van der Waals surface area contributed by atoms with E-state index in [9.17, 15) is 0 Å². The monoisotopic (exact) mass is 259 g/mol. The molecule has 5 heteroatoms. The maximum absolute atomic E-state index is 5.57. The highest BCUT2D eigenvalue weighted by atomic mass is 14.9. The lowest BCUT2D eigenvalue weighted by molar-refractivity contribution is 0.425. The summed E-state index contributed by atoms with van der Waals surface area (Å²) in [5.41, 5.74) is 16.5. The molecule has 0 saturated carbocycles. The lowest BCUT2D eigenvalue weighted by atomic mass is 10.1. The second-order valence-corrected chi connectivity index (χ2v) is 4.76. The van der Waals surface area contributed by atoms with Crippen LogP contribution in [-0.2, 0) is 0 Å². The largest absolute Gasteiger partial charge is 0.330 e. The van der Waals surface area contributed by atoms with E-state index < -0.39 is 0 Å². The fraction of sp³-hybridized carbons (Fsp3) is 1.00. The van der Waals surface area contributed by atoms with E-state index >= 15 is 0 Å². The summed E-state index contributed by atoms with van der Waals surface area (Å²) in [6, 6.07) is 0.594. The second kappa shape index (κ2) is 14.9. The van der Waals surface area contributed by atoms with Crippen LogP contribution >= 0.6 is 0 Å². The van der Waals surface area contributed by atoms with Crippen LogP contribution in [0.2, 0.25) is 0 Å². The molecule has 0 aromatic rings. The number of hydrogen-bond donors (Lipinski definition) is 5. The van der Waals surface area contributed by atoms with Crippen LogP contribution in [-0.4, -0.2) is 45.3 Å². The molecule has 0 heterocycles. The Morgan fingerprint density at radius 3 is 1.89 bits per heavy atom. The molecule has 0 aliphatic heterocycles. The van der Waals surface area contributed by atoms with E-state index in [1.807, 2.05) is 0 Å². The molecular weight excluding hydrogens is 226 g/mol. The standard InChI is InChI=1S/C13H33N5/c14-7-1-5-13(18-12-4-9-16)6-2-10-17-11-3-8-15/h13,17-18H,1-12,14-16H2. The molecule has 0 aromatic heterocycles. The van der Waals surface area contributed by atoms with Crippen molar-refractivity contribution in [3.63, 3.8) is 0 Å². The van der Waals surface area contributed by atoms with E-state index in [1.54, 1.807) is 0 Å². The van der Waals surface area contributed by atoms with Crippen molar-refractivity contribution in [2.24, 2.45) is 17.2 Å². The molecule has 18 heavy (non-hydrogen) atoms. The molecule has 0 radical (unpaired) electrons. The lowest BCUT2D eigenvalue weighted by Gasteiger charge is -2.18. The molecule has 110 valence electrons. The van der Waals surface area contributed by atoms with Crippen LogP contribution in [0.5, 0.6) is 0 Å². The van der Waals surface area contributed by atoms with Crippen LogP contribution in [0.4, 0.5) is 0 Å². The molecule has 0 aliphatic carbocycles. The molecule has 8 N–H and O–H groups in total. The predicted molar refractivity (Wildman–Crippen MR) is 79.5 cm³/mol. The predicted octanol–water partition coefficient (Wildman–Crippen LogP) is -0.249. The summed E-state index contributed by atoms with van der Waals surface area (Å²) in [5.74, 6) is 0. The van der Waals surface area contributed by atoms with Crippen molar-refractivity contribution in [3.05, 3.63) is 0 Å². The zero-order valence-electron chi connectivity index (χ0n) is 11.8. The van der Waals surface area contributed by atoms with E-state index in [0.717, 1.165) is 58.5 Å². The second-order valence-electron chi connectivity index (χ2n) is 4.76. The summed E-state index contributed by atoms with van der Waals surface area (Å²) < 4.78 is 0. The zero-order valence-corrected chi connectivity index (χ0v) is 11.8. The number of nitrogens with two attached hydrogens (primary N) is 3. The highest BCUT2D eigenvalue weighted by Gasteiger charge is 2.06. The molecule has 0 bridgehead atoms. The zero-order chi connectivity index (χ0) is 13.5. The Balaban J connectivity index is 3.51. The van der Waals surface area contributed by atoms with Crippen LogP contribution in [0.1, 0.15) is 38.5 Å². The minimum atomic E-state index is 0.594. The van der Waals surface area contributed by atoms with Gasteiger partial charge in [-0.25, -0.2) is 0 Å². The Morgan fingerprint density at radius 1 is 0.667 bits per heavy atom. The first-order valence-corrected chi connectivity index (χ1v) is 7.39. The average Bonchev–Trinajstić information content (AvgIpc) is 2.39. The minimum absolute atomic E-state index is 0.594. The first-order chi connectivity index (χ1) is 8.85. The summed E-state index contributed by atoms with van der Waals surface area (Å²) in [6.07, 6.45) is 6.79. The van der Waals surface area contributed by atoms with Crippen molar-refractivity contribution < 1.29 is 0 Å². The van der Waals surface area contributed by atoms with Gasteiger partial charge < -0.3 is 27.8 Å². The van der Waals surface area contributed by atoms with E-state index in [4.69, 9.17) is 17.2 Å². The maximum atomic E-state index is 5.57. The summed E-state index contributed by atoms with van der Waals surface area (Å²) in [6.45, 7) is 5.45. The van der Waals surface area contributed by atoms with Crippen molar-refractivity contribution in [1.82, 2.24) is 10.6 Å². The van der Waals surface area contributed by atoms with Crippen LogP contribution in [0.25, 0.3) is 0 Å². The Hall–Kier alpha value is -0.200. The van der Waals surface area contributed by atoms with Crippen molar-refractivity contribution in [2.45, 2.75) is 44.6 Å². The van der Waals surface area contributed by atoms with Gasteiger partial charge in [-0.1, -0.05) is 0 Å². The van der Waals surface area contributed by atoms with Gasteiger partial charge in [-0.2, -0.15) is 0 Å². The third-order valence-corrected chi connectivity index (χ3v) is 3.03. The third-order valence-electron chi connectivity index (χ3n) is 3.03. The summed E-state index contributed by atoms with van der Waals surface area (Å²) in [7, 11) is 0. The first kappa shape index (κ1) is 17.8. The van der Waals surface area contributed by atoms with E-state index in [2.05, 4.69) is 10.6 Å². The molecule has 0 amide bonds. The Labute approximate surface area is 112 Å². The quantitative estimate of drug-likeness (QED) is 0.277. The van der Waals surface area contributed by atoms with E-state index in [-0.39, 0.29) is 0 Å². The molecule has 5 nitrogen and oxygen atoms in total. The number of nitrogens with one attached hydrogen (secondary N) is 2. The summed E-state index contributed by atoms with van der Waals surface area (Å²) in [4.78, 5) is 0. The van der Waals surface area contributed by atoms with Gasteiger partial charge in [0.15, 0.2) is 0 Å². The third kappa shape index (κ3) is 12.3.